The van der Waals surface area contributed by atoms with Gasteiger partial charge in [-0.25, -0.2) is 4.79 Å². The first kappa shape index (κ1) is 28.5. The van der Waals surface area contributed by atoms with Crippen LogP contribution in [0.3, 0.4) is 0 Å². The van der Waals surface area contributed by atoms with Crippen molar-refractivity contribution in [3.05, 3.63) is 24.3 Å². The number of carbonyl (C=O) groups excluding carboxylic acids is 3. The summed E-state index contributed by atoms with van der Waals surface area (Å²) in [6.45, 7) is 11.9. The van der Waals surface area contributed by atoms with Crippen molar-refractivity contribution in [3.63, 3.8) is 0 Å². The predicted octanol–water partition coefficient (Wildman–Crippen LogP) is 1.39. The van der Waals surface area contributed by atoms with E-state index in [4.69, 9.17) is 9.84 Å². The quantitative estimate of drug-likeness (QED) is 0.0780. The number of nitrogens with one attached hydrogen (secondary N) is 2. The maximum Gasteiger partial charge on any atom is 0.333 e. The Labute approximate surface area is 185 Å². The van der Waals surface area contributed by atoms with Crippen molar-refractivity contribution < 1.29 is 33.5 Å². The number of carboxylic acid groups (broad SMARTS) is 1. The van der Waals surface area contributed by atoms with Crippen molar-refractivity contribution in [2.45, 2.75) is 58.2 Å². The lowest BCUT2D eigenvalue weighted by molar-refractivity contribution is -0.940. The van der Waals surface area contributed by atoms with Crippen molar-refractivity contribution in [3.8, 4) is 0 Å². The Morgan fingerprint density at radius 1 is 1.10 bits per heavy atom. The summed E-state index contributed by atoms with van der Waals surface area (Å²) in [6, 6.07) is -0.259. The van der Waals surface area contributed by atoms with Crippen molar-refractivity contribution in [1.29, 1.82) is 0 Å². The van der Waals surface area contributed by atoms with Crippen molar-refractivity contribution in [1.82, 2.24) is 10.6 Å². The normalized spacial score (nSPS) is 13.0. The third-order valence-corrected chi connectivity index (χ3v) is 5.16. The maximum absolute atomic E-state index is 12.3. The summed E-state index contributed by atoms with van der Waals surface area (Å²) in [4.78, 5) is 45.9. The SMILES string of the molecule is C=C(C)C(=O)NC(CCNCCCOC(=O)C(=C)C)[N+](C)(C)C(CC=O)CCC(=O)O. The van der Waals surface area contributed by atoms with E-state index in [0.29, 0.717) is 43.5 Å². The number of aldehydes is 1. The molecule has 0 aromatic rings. The molecule has 0 spiro atoms. The number of rotatable bonds is 17. The van der Waals surface area contributed by atoms with E-state index in [1.807, 2.05) is 14.1 Å². The molecule has 0 aromatic carbocycles. The second-order valence-corrected chi connectivity index (χ2v) is 8.20. The number of aliphatic carboxylic acids is 1. The molecule has 9 heteroatoms. The third kappa shape index (κ3) is 11.4. The fourth-order valence-corrected chi connectivity index (χ4v) is 3.07. The minimum atomic E-state index is -0.924. The summed E-state index contributed by atoms with van der Waals surface area (Å²) in [6.07, 6.45) is 2.09. The van der Waals surface area contributed by atoms with Gasteiger partial charge in [0, 0.05) is 30.5 Å². The summed E-state index contributed by atoms with van der Waals surface area (Å²) in [5.41, 5.74) is 0.728. The number of amides is 1. The smallest absolute Gasteiger partial charge is 0.333 e. The van der Waals surface area contributed by atoms with Crippen LogP contribution in [0.15, 0.2) is 24.3 Å². The highest BCUT2D eigenvalue weighted by molar-refractivity contribution is 5.92. The van der Waals surface area contributed by atoms with E-state index in [9.17, 15) is 19.2 Å². The second-order valence-electron chi connectivity index (χ2n) is 8.20. The van der Waals surface area contributed by atoms with E-state index in [1.165, 1.54) is 0 Å². The van der Waals surface area contributed by atoms with Crippen molar-refractivity contribution >= 4 is 24.1 Å². The first-order valence-electron chi connectivity index (χ1n) is 10.4. The van der Waals surface area contributed by atoms with E-state index in [-0.39, 0.29) is 42.0 Å². The molecular formula is C22H38N3O6+. The van der Waals surface area contributed by atoms with Crippen LogP contribution in [0.4, 0.5) is 0 Å². The number of ether oxygens (including phenoxy) is 1. The number of hydrogen-bond acceptors (Lipinski definition) is 6. The molecule has 2 atom stereocenters. The molecule has 0 rings (SSSR count). The van der Waals surface area contributed by atoms with Crippen molar-refractivity contribution in [2.75, 3.05) is 33.8 Å². The molecule has 2 unspecified atom stereocenters. The molecular weight excluding hydrogens is 402 g/mol. The zero-order chi connectivity index (χ0) is 24.0. The third-order valence-electron chi connectivity index (χ3n) is 5.16. The molecule has 3 N–H and O–H groups in total. The van der Waals surface area contributed by atoms with E-state index in [2.05, 4.69) is 23.8 Å². The standard InChI is InChI=1S/C22H37N3O6/c1-16(2)21(29)24-19(10-13-23-12-7-15-31-22(30)17(3)4)25(5,6)18(11-14-26)8-9-20(27)28/h14,18-19,23H,1,3,7-13,15H2,2,4-6H3,(H-,24,27,28,29)/p+1. The van der Waals surface area contributed by atoms with Crippen molar-refractivity contribution in [2.24, 2.45) is 0 Å². The largest absolute Gasteiger partial charge is 0.481 e. The Morgan fingerprint density at radius 3 is 2.26 bits per heavy atom. The first-order chi connectivity index (χ1) is 14.4. The van der Waals surface area contributed by atoms with Crippen LogP contribution in [-0.4, -0.2) is 79.7 Å². The van der Waals surface area contributed by atoms with Gasteiger partial charge in [0.05, 0.1) is 39.6 Å². The van der Waals surface area contributed by atoms with Gasteiger partial charge in [-0.2, -0.15) is 0 Å². The van der Waals surface area contributed by atoms with Crippen LogP contribution in [0.2, 0.25) is 0 Å². The van der Waals surface area contributed by atoms with Crippen LogP contribution in [-0.2, 0) is 23.9 Å². The van der Waals surface area contributed by atoms with Gasteiger partial charge >= 0.3 is 11.9 Å². The average molecular weight is 441 g/mol. The molecule has 0 fully saturated rings. The van der Waals surface area contributed by atoms with E-state index in [1.54, 1.807) is 13.8 Å². The van der Waals surface area contributed by atoms with Gasteiger partial charge in [0.1, 0.15) is 6.29 Å². The van der Waals surface area contributed by atoms with Crippen LogP contribution in [0.1, 0.15) is 46.0 Å². The minimum Gasteiger partial charge on any atom is -0.481 e. The topological polar surface area (TPSA) is 122 Å². The lowest BCUT2D eigenvalue weighted by atomic mass is 10.0. The van der Waals surface area contributed by atoms with Gasteiger partial charge < -0.3 is 29.8 Å². The fraction of sp³-hybridized carbons (Fsp3) is 0.636. The maximum atomic E-state index is 12.3. The highest BCUT2D eigenvalue weighted by atomic mass is 16.5. The van der Waals surface area contributed by atoms with Gasteiger partial charge in [-0.05, 0) is 26.8 Å². The number of quaternary nitrogens is 1. The Kier molecular flexibility index (Phi) is 13.3. The lowest BCUT2D eigenvalue weighted by Gasteiger charge is -2.44. The lowest BCUT2D eigenvalue weighted by Crippen LogP contribution is -2.63. The molecule has 0 bridgehead atoms. The second kappa shape index (κ2) is 14.5. The van der Waals surface area contributed by atoms with Gasteiger partial charge in [0.15, 0.2) is 6.17 Å². The predicted molar refractivity (Wildman–Crippen MR) is 118 cm³/mol. The zero-order valence-electron chi connectivity index (χ0n) is 19.2. The average Bonchev–Trinajstić information content (AvgIpc) is 2.68. The zero-order valence-corrected chi connectivity index (χ0v) is 19.2. The first-order valence-corrected chi connectivity index (χ1v) is 10.4. The Bertz CT molecular complexity index is 660. The molecule has 31 heavy (non-hydrogen) atoms. The Hall–Kier alpha value is -2.52. The summed E-state index contributed by atoms with van der Waals surface area (Å²) < 4.78 is 5.31. The molecule has 176 valence electrons. The van der Waals surface area contributed by atoms with E-state index in [0.717, 1.165) is 6.29 Å². The summed E-state index contributed by atoms with van der Waals surface area (Å²) in [5.74, 6) is -1.62. The summed E-state index contributed by atoms with van der Waals surface area (Å²) in [7, 11) is 3.77. The molecule has 0 saturated heterocycles. The molecule has 0 aromatic heterocycles. The molecule has 0 aliphatic heterocycles. The fourth-order valence-electron chi connectivity index (χ4n) is 3.07. The summed E-state index contributed by atoms with van der Waals surface area (Å²) >= 11 is 0. The van der Waals surface area contributed by atoms with Gasteiger partial charge in [0.25, 0.3) is 5.91 Å². The van der Waals surface area contributed by atoms with Crippen LogP contribution < -0.4 is 10.6 Å². The number of hydrogen-bond donors (Lipinski definition) is 3. The molecule has 0 radical (unpaired) electrons. The number of carboxylic acids is 1. The van der Waals surface area contributed by atoms with E-state index < -0.39 is 11.9 Å². The molecule has 0 aliphatic rings. The Morgan fingerprint density at radius 2 is 1.74 bits per heavy atom. The van der Waals surface area contributed by atoms with Gasteiger partial charge in [0.2, 0.25) is 0 Å². The number of nitrogens with zero attached hydrogens (tertiary/aromatic N) is 1. The van der Waals surface area contributed by atoms with Crippen LogP contribution >= 0.6 is 0 Å². The monoisotopic (exact) mass is 440 g/mol. The van der Waals surface area contributed by atoms with Gasteiger partial charge in [-0.3, -0.25) is 9.59 Å². The van der Waals surface area contributed by atoms with E-state index >= 15 is 0 Å². The van der Waals surface area contributed by atoms with Crippen LogP contribution in [0, 0.1) is 0 Å². The number of carbonyl (C=O) groups is 4. The molecule has 0 heterocycles. The Balaban J connectivity index is 4.95. The van der Waals surface area contributed by atoms with Crippen LogP contribution in [0.5, 0.6) is 0 Å². The van der Waals surface area contributed by atoms with Crippen LogP contribution in [0.25, 0.3) is 0 Å². The highest BCUT2D eigenvalue weighted by Crippen LogP contribution is 2.21. The minimum absolute atomic E-state index is 0.0531. The molecule has 0 aliphatic carbocycles. The molecule has 0 saturated carbocycles. The molecule has 1 amide bonds. The molecule has 9 nitrogen and oxygen atoms in total. The number of esters is 1. The van der Waals surface area contributed by atoms with Gasteiger partial charge in [-0.1, -0.05) is 13.2 Å². The van der Waals surface area contributed by atoms with Gasteiger partial charge in [-0.15, -0.1) is 0 Å². The highest BCUT2D eigenvalue weighted by Gasteiger charge is 2.37. The summed E-state index contributed by atoms with van der Waals surface area (Å²) in [5, 5.41) is 15.3.